The van der Waals surface area contributed by atoms with E-state index >= 15 is 0 Å². The Kier molecular flexibility index (Phi) is 3.48. The van der Waals surface area contributed by atoms with Crippen molar-refractivity contribution >= 4 is 23.2 Å². The fourth-order valence-corrected chi connectivity index (χ4v) is 2.61. The molecule has 0 spiro atoms. The van der Waals surface area contributed by atoms with Gasteiger partial charge >= 0.3 is 0 Å². The average molecular weight is 298 g/mol. The quantitative estimate of drug-likeness (QED) is 0.944. The third-order valence-corrected chi connectivity index (χ3v) is 3.91. The van der Waals surface area contributed by atoms with Crippen molar-refractivity contribution in [2.75, 3.05) is 13.1 Å². The Morgan fingerprint density at radius 2 is 1.95 bits per heavy atom. The summed E-state index contributed by atoms with van der Waals surface area (Å²) in [6.07, 6.45) is 0. The SMILES string of the molecule is CC(c1nc(-c2cc(Cl)cc(Cl)c2)no1)C1CNC1. The number of halogens is 2. The molecule has 19 heavy (non-hydrogen) atoms. The molecular weight excluding hydrogens is 285 g/mol. The molecule has 0 radical (unpaired) electrons. The van der Waals surface area contributed by atoms with Crippen molar-refractivity contribution in [3.8, 4) is 11.4 Å². The molecule has 2 aromatic rings. The Bertz CT molecular complexity index is 575. The lowest BCUT2D eigenvalue weighted by Gasteiger charge is -2.30. The van der Waals surface area contributed by atoms with E-state index in [1.54, 1.807) is 18.2 Å². The smallest absolute Gasteiger partial charge is 0.230 e. The van der Waals surface area contributed by atoms with E-state index in [1.807, 2.05) is 0 Å². The van der Waals surface area contributed by atoms with Gasteiger partial charge in [0.25, 0.3) is 0 Å². The molecule has 0 saturated carbocycles. The van der Waals surface area contributed by atoms with Gasteiger partial charge in [0, 0.05) is 21.5 Å². The molecule has 1 saturated heterocycles. The highest BCUT2D eigenvalue weighted by Crippen LogP contribution is 2.29. The van der Waals surface area contributed by atoms with Crippen LogP contribution in [0.3, 0.4) is 0 Å². The largest absolute Gasteiger partial charge is 0.339 e. The van der Waals surface area contributed by atoms with Gasteiger partial charge in [0.1, 0.15) is 0 Å². The monoisotopic (exact) mass is 297 g/mol. The highest BCUT2D eigenvalue weighted by Gasteiger charge is 2.28. The molecule has 0 aliphatic carbocycles. The number of hydrogen-bond acceptors (Lipinski definition) is 4. The molecule has 4 nitrogen and oxygen atoms in total. The molecule has 1 unspecified atom stereocenters. The molecule has 1 aromatic heterocycles. The maximum atomic E-state index is 5.97. The van der Waals surface area contributed by atoms with E-state index in [1.165, 1.54) is 0 Å². The predicted molar refractivity (Wildman–Crippen MR) is 74.5 cm³/mol. The number of nitrogens with zero attached hydrogens (tertiary/aromatic N) is 2. The highest BCUT2D eigenvalue weighted by molar-refractivity contribution is 6.35. The Morgan fingerprint density at radius 1 is 1.26 bits per heavy atom. The minimum absolute atomic E-state index is 0.261. The fraction of sp³-hybridized carbons (Fsp3) is 0.385. The van der Waals surface area contributed by atoms with Gasteiger partial charge in [-0.05, 0) is 37.2 Å². The van der Waals surface area contributed by atoms with E-state index in [0.717, 1.165) is 18.7 Å². The zero-order chi connectivity index (χ0) is 13.4. The zero-order valence-corrected chi connectivity index (χ0v) is 11.9. The Labute approximate surface area is 121 Å². The van der Waals surface area contributed by atoms with E-state index in [2.05, 4.69) is 22.4 Å². The highest BCUT2D eigenvalue weighted by atomic mass is 35.5. The molecule has 1 fully saturated rings. The standard InChI is InChI=1S/C13H13Cl2N3O/c1-7(9-5-16-6-9)13-17-12(18-19-13)8-2-10(14)4-11(15)3-8/h2-4,7,9,16H,5-6H2,1H3. The van der Waals surface area contributed by atoms with E-state index in [9.17, 15) is 0 Å². The summed E-state index contributed by atoms with van der Waals surface area (Å²) in [4.78, 5) is 4.44. The summed E-state index contributed by atoms with van der Waals surface area (Å²) in [6.45, 7) is 4.11. The van der Waals surface area contributed by atoms with Crippen LogP contribution in [0, 0.1) is 5.92 Å². The first-order chi connectivity index (χ1) is 9.13. The van der Waals surface area contributed by atoms with E-state index in [4.69, 9.17) is 27.7 Å². The van der Waals surface area contributed by atoms with Gasteiger partial charge in [0.15, 0.2) is 0 Å². The molecule has 6 heteroatoms. The van der Waals surface area contributed by atoms with Gasteiger partial charge in [0.2, 0.25) is 11.7 Å². The summed E-state index contributed by atoms with van der Waals surface area (Å²) in [6, 6.07) is 5.23. The summed E-state index contributed by atoms with van der Waals surface area (Å²) >= 11 is 11.9. The second-order valence-corrected chi connectivity index (χ2v) is 5.69. The summed E-state index contributed by atoms with van der Waals surface area (Å²) in [5.41, 5.74) is 0.770. The first-order valence-corrected chi connectivity index (χ1v) is 6.90. The minimum atomic E-state index is 0.261. The fourth-order valence-electron chi connectivity index (χ4n) is 2.09. The van der Waals surface area contributed by atoms with E-state index < -0.39 is 0 Å². The molecule has 0 bridgehead atoms. The second-order valence-electron chi connectivity index (χ2n) is 4.82. The lowest BCUT2D eigenvalue weighted by Crippen LogP contribution is -2.44. The van der Waals surface area contributed by atoms with Crippen LogP contribution in [0.1, 0.15) is 18.7 Å². The first kappa shape index (κ1) is 12.9. The Hall–Kier alpha value is -1.10. The molecule has 2 heterocycles. The molecule has 1 atom stereocenters. The second kappa shape index (κ2) is 5.12. The number of hydrogen-bond donors (Lipinski definition) is 1. The van der Waals surface area contributed by atoms with Gasteiger partial charge in [-0.15, -0.1) is 0 Å². The van der Waals surface area contributed by atoms with Crippen LogP contribution in [0.5, 0.6) is 0 Å². The molecule has 3 rings (SSSR count). The van der Waals surface area contributed by atoms with E-state index in [0.29, 0.717) is 27.7 Å². The molecule has 1 aromatic carbocycles. The number of nitrogens with one attached hydrogen (secondary N) is 1. The zero-order valence-electron chi connectivity index (χ0n) is 10.4. The summed E-state index contributed by atoms with van der Waals surface area (Å²) < 4.78 is 5.34. The van der Waals surface area contributed by atoms with Crippen LogP contribution in [0.25, 0.3) is 11.4 Å². The Balaban J connectivity index is 1.87. The molecule has 1 aliphatic rings. The number of aromatic nitrogens is 2. The summed E-state index contributed by atoms with van der Waals surface area (Å²) in [5, 5.41) is 8.37. The van der Waals surface area contributed by atoms with Crippen molar-refractivity contribution in [3.05, 3.63) is 34.1 Å². The summed E-state index contributed by atoms with van der Waals surface area (Å²) in [5.74, 6) is 2.02. The number of benzene rings is 1. The van der Waals surface area contributed by atoms with Crippen LogP contribution < -0.4 is 5.32 Å². The molecule has 100 valence electrons. The van der Waals surface area contributed by atoms with Crippen molar-refractivity contribution in [2.24, 2.45) is 5.92 Å². The maximum Gasteiger partial charge on any atom is 0.230 e. The van der Waals surface area contributed by atoms with Crippen LogP contribution in [-0.4, -0.2) is 23.2 Å². The van der Waals surface area contributed by atoms with Crippen molar-refractivity contribution in [2.45, 2.75) is 12.8 Å². The summed E-state index contributed by atoms with van der Waals surface area (Å²) in [7, 11) is 0. The van der Waals surface area contributed by atoms with Gasteiger partial charge in [0.05, 0.1) is 0 Å². The van der Waals surface area contributed by atoms with Crippen molar-refractivity contribution in [1.29, 1.82) is 0 Å². The van der Waals surface area contributed by atoms with Crippen LogP contribution in [0.4, 0.5) is 0 Å². The van der Waals surface area contributed by atoms with Crippen LogP contribution in [0.15, 0.2) is 22.7 Å². The van der Waals surface area contributed by atoms with Crippen molar-refractivity contribution in [3.63, 3.8) is 0 Å². The third-order valence-electron chi connectivity index (χ3n) is 3.47. The first-order valence-electron chi connectivity index (χ1n) is 6.14. The van der Waals surface area contributed by atoms with Crippen LogP contribution in [0.2, 0.25) is 10.0 Å². The topological polar surface area (TPSA) is 51.0 Å². The molecular formula is C13H13Cl2N3O. The van der Waals surface area contributed by atoms with Gasteiger partial charge in [-0.25, -0.2) is 0 Å². The van der Waals surface area contributed by atoms with Gasteiger partial charge in [-0.1, -0.05) is 35.3 Å². The normalized spacial score (nSPS) is 17.2. The van der Waals surface area contributed by atoms with Crippen molar-refractivity contribution < 1.29 is 4.52 Å². The maximum absolute atomic E-state index is 5.97. The van der Waals surface area contributed by atoms with Gasteiger partial charge in [-0.2, -0.15) is 4.98 Å². The third kappa shape index (κ3) is 2.61. The van der Waals surface area contributed by atoms with Crippen LogP contribution >= 0.6 is 23.2 Å². The lowest BCUT2D eigenvalue weighted by molar-refractivity contribution is 0.252. The van der Waals surface area contributed by atoms with Gasteiger partial charge in [-0.3, -0.25) is 0 Å². The van der Waals surface area contributed by atoms with Crippen molar-refractivity contribution in [1.82, 2.24) is 15.5 Å². The van der Waals surface area contributed by atoms with Gasteiger partial charge < -0.3 is 9.84 Å². The molecule has 1 N–H and O–H groups in total. The molecule has 0 amide bonds. The average Bonchev–Trinajstić information content (AvgIpc) is 2.74. The lowest BCUT2D eigenvalue weighted by atomic mass is 9.89. The van der Waals surface area contributed by atoms with Crippen LogP contribution in [-0.2, 0) is 0 Å². The molecule has 1 aliphatic heterocycles. The number of rotatable bonds is 3. The minimum Gasteiger partial charge on any atom is -0.339 e. The Morgan fingerprint density at radius 3 is 2.53 bits per heavy atom. The predicted octanol–water partition coefficient (Wildman–Crippen LogP) is 3.37. The van der Waals surface area contributed by atoms with E-state index in [-0.39, 0.29) is 5.92 Å².